The zero-order valence-corrected chi connectivity index (χ0v) is 19.0. The Balaban J connectivity index is 1.22. The Labute approximate surface area is 193 Å². The number of amides is 2. The van der Waals surface area contributed by atoms with Crippen molar-refractivity contribution >= 4 is 22.5 Å². The molecule has 1 fully saturated rings. The summed E-state index contributed by atoms with van der Waals surface area (Å²) in [6.45, 7) is 7.53. The summed E-state index contributed by atoms with van der Waals surface area (Å²) in [6.07, 6.45) is 1.78. The van der Waals surface area contributed by atoms with Crippen molar-refractivity contribution in [3.05, 3.63) is 83.8 Å². The molecule has 1 N–H and O–H groups in total. The van der Waals surface area contributed by atoms with Gasteiger partial charge >= 0.3 is 6.03 Å². The Bertz CT molecular complexity index is 1270. The smallest absolute Gasteiger partial charge is 0.317 e. The molecule has 0 bridgehead atoms. The van der Waals surface area contributed by atoms with Crippen LogP contribution in [0.3, 0.4) is 0 Å². The van der Waals surface area contributed by atoms with Gasteiger partial charge in [-0.1, -0.05) is 48.5 Å². The van der Waals surface area contributed by atoms with Crippen LogP contribution in [0.2, 0.25) is 0 Å². The fraction of sp³-hybridized carbons (Fsp3) is 0.269. The number of hydrogen-bond acceptors (Lipinski definition) is 4. The molecule has 168 valence electrons. The van der Waals surface area contributed by atoms with Crippen LogP contribution in [0.25, 0.3) is 16.6 Å². The normalized spacial score (nSPS) is 14.0. The van der Waals surface area contributed by atoms with Crippen LogP contribution >= 0.6 is 0 Å². The minimum Gasteiger partial charge on any atom is -0.365 e. The number of fused-ring (bicyclic) bond motifs is 1. The van der Waals surface area contributed by atoms with E-state index < -0.39 is 0 Å². The van der Waals surface area contributed by atoms with Gasteiger partial charge in [0.2, 0.25) is 0 Å². The molecule has 0 unspecified atom stereocenters. The molecule has 1 aliphatic heterocycles. The molecule has 1 aliphatic rings. The Morgan fingerprint density at radius 3 is 2.48 bits per heavy atom. The van der Waals surface area contributed by atoms with Gasteiger partial charge in [0.1, 0.15) is 0 Å². The number of urea groups is 1. The van der Waals surface area contributed by atoms with Gasteiger partial charge in [0.05, 0.1) is 17.1 Å². The molecule has 0 atom stereocenters. The molecule has 4 aromatic rings. The van der Waals surface area contributed by atoms with E-state index >= 15 is 0 Å². The Morgan fingerprint density at radius 2 is 1.70 bits per heavy atom. The van der Waals surface area contributed by atoms with Gasteiger partial charge in [-0.05, 0) is 42.3 Å². The molecule has 0 saturated carbocycles. The summed E-state index contributed by atoms with van der Waals surface area (Å²) in [7, 11) is 0. The average molecular weight is 441 g/mol. The summed E-state index contributed by atoms with van der Waals surface area (Å²) in [5.41, 5.74) is 4.32. The van der Waals surface area contributed by atoms with Crippen LogP contribution in [0.5, 0.6) is 0 Å². The van der Waals surface area contributed by atoms with Gasteiger partial charge in [-0.3, -0.25) is 0 Å². The highest BCUT2D eigenvalue weighted by Gasteiger charge is 2.25. The zero-order valence-electron chi connectivity index (χ0n) is 19.0. The second kappa shape index (κ2) is 8.94. The lowest BCUT2D eigenvalue weighted by Crippen LogP contribution is -2.52. The number of aromatic nitrogens is 3. The molecule has 7 nitrogen and oxygen atoms in total. The highest BCUT2D eigenvalue weighted by Crippen LogP contribution is 2.27. The maximum atomic E-state index is 12.8. The number of hydrogen-bond donors (Lipinski definition) is 1. The van der Waals surface area contributed by atoms with Crippen molar-refractivity contribution in [2.75, 3.05) is 31.1 Å². The Morgan fingerprint density at radius 1 is 0.939 bits per heavy atom. The van der Waals surface area contributed by atoms with Crippen molar-refractivity contribution in [3.63, 3.8) is 0 Å². The minimum atomic E-state index is -0.0137. The van der Waals surface area contributed by atoms with E-state index in [9.17, 15) is 4.79 Å². The number of nitrogens with one attached hydrogen (secondary N) is 1. The molecular formula is C26H28N6O. The lowest BCUT2D eigenvalue weighted by molar-refractivity contribution is 0.194. The highest BCUT2D eigenvalue weighted by molar-refractivity contribution is 5.86. The maximum absolute atomic E-state index is 12.8. The number of anilines is 1. The second-order valence-electron chi connectivity index (χ2n) is 8.39. The summed E-state index contributed by atoms with van der Waals surface area (Å²) >= 11 is 0. The van der Waals surface area contributed by atoms with Gasteiger partial charge in [0, 0.05) is 38.9 Å². The first-order valence-electron chi connectivity index (χ1n) is 11.3. The summed E-state index contributed by atoms with van der Waals surface area (Å²) in [5.74, 6) is 0.816. The molecule has 0 spiro atoms. The zero-order chi connectivity index (χ0) is 22.8. The lowest BCUT2D eigenvalue weighted by Gasteiger charge is -2.36. The van der Waals surface area contributed by atoms with E-state index in [1.54, 1.807) is 6.20 Å². The third-order valence-corrected chi connectivity index (χ3v) is 6.31. The van der Waals surface area contributed by atoms with Gasteiger partial charge in [-0.25, -0.2) is 14.5 Å². The van der Waals surface area contributed by atoms with Crippen molar-refractivity contribution < 1.29 is 4.79 Å². The molecular weight excluding hydrogens is 412 g/mol. The number of rotatable bonds is 4. The maximum Gasteiger partial charge on any atom is 0.317 e. The molecule has 0 radical (unpaired) electrons. The lowest BCUT2D eigenvalue weighted by atomic mass is 10.0. The number of carbonyl (C=O) groups excluding carboxylic acids is 1. The van der Waals surface area contributed by atoms with Gasteiger partial charge < -0.3 is 15.1 Å². The van der Waals surface area contributed by atoms with Crippen LogP contribution in [0.4, 0.5) is 10.5 Å². The molecule has 1 saturated heterocycles. The summed E-state index contributed by atoms with van der Waals surface area (Å²) < 4.78 is 1.90. The largest absolute Gasteiger partial charge is 0.365 e. The van der Waals surface area contributed by atoms with Gasteiger partial charge in [0.25, 0.3) is 0 Å². The monoisotopic (exact) mass is 440 g/mol. The summed E-state index contributed by atoms with van der Waals surface area (Å²) in [4.78, 5) is 21.5. The van der Waals surface area contributed by atoms with Crippen LogP contribution in [0.1, 0.15) is 17.0 Å². The molecule has 7 heteroatoms. The van der Waals surface area contributed by atoms with E-state index in [0.29, 0.717) is 19.6 Å². The summed E-state index contributed by atoms with van der Waals surface area (Å²) in [6, 6.07) is 20.3. The van der Waals surface area contributed by atoms with Crippen LogP contribution in [-0.4, -0.2) is 51.9 Å². The fourth-order valence-electron chi connectivity index (χ4n) is 4.66. The molecule has 33 heavy (non-hydrogen) atoms. The number of aryl methyl sites for hydroxylation is 1. The highest BCUT2D eigenvalue weighted by atomic mass is 16.2. The summed E-state index contributed by atoms with van der Waals surface area (Å²) in [5, 5.41) is 10.2. The van der Waals surface area contributed by atoms with Crippen LogP contribution < -0.4 is 10.2 Å². The van der Waals surface area contributed by atoms with Crippen LogP contribution in [0, 0.1) is 13.8 Å². The number of benzene rings is 2. The van der Waals surface area contributed by atoms with Gasteiger partial charge in [-0.2, -0.15) is 5.10 Å². The Kier molecular flexibility index (Phi) is 5.69. The fourth-order valence-corrected chi connectivity index (χ4v) is 4.66. The van der Waals surface area contributed by atoms with E-state index in [-0.39, 0.29) is 6.03 Å². The quantitative estimate of drug-likeness (QED) is 0.520. The van der Waals surface area contributed by atoms with Crippen LogP contribution in [0.15, 0.2) is 66.9 Å². The average Bonchev–Trinajstić information content (AvgIpc) is 3.16. The predicted octanol–water partition coefficient (Wildman–Crippen LogP) is 4.07. The van der Waals surface area contributed by atoms with E-state index in [1.165, 1.54) is 10.8 Å². The second-order valence-corrected chi connectivity index (χ2v) is 8.39. The van der Waals surface area contributed by atoms with Gasteiger partial charge in [0.15, 0.2) is 5.82 Å². The van der Waals surface area contributed by atoms with Crippen molar-refractivity contribution in [2.45, 2.75) is 20.4 Å². The van der Waals surface area contributed by atoms with E-state index in [0.717, 1.165) is 41.5 Å². The predicted molar refractivity (Wildman–Crippen MR) is 131 cm³/mol. The van der Waals surface area contributed by atoms with Crippen molar-refractivity contribution in [2.24, 2.45) is 0 Å². The molecule has 0 aliphatic carbocycles. The molecule has 2 aromatic carbocycles. The number of nitrogens with zero attached hydrogens (tertiary/aromatic N) is 5. The molecule has 3 heterocycles. The first-order valence-corrected chi connectivity index (χ1v) is 11.3. The number of piperazine rings is 1. The van der Waals surface area contributed by atoms with E-state index in [2.05, 4.69) is 46.4 Å². The van der Waals surface area contributed by atoms with Crippen molar-refractivity contribution in [3.8, 4) is 5.82 Å². The SMILES string of the molecule is Cc1nn(-c2ccccn2)c(C)c1N1CCN(C(=O)NCc2cccc3ccccc23)CC1. The van der Waals surface area contributed by atoms with E-state index in [4.69, 9.17) is 5.10 Å². The first kappa shape index (κ1) is 21.0. The molecule has 5 rings (SSSR count). The third kappa shape index (κ3) is 4.14. The first-order chi connectivity index (χ1) is 16.1. The van der Waals surface area contributed by atoms with Crippen molar-refractivity contribution in [1.82, 2.24) is 25.0 Å². The van der Waals surface area contributed by atoms with Gasteiger partial charge in [-0.15, -0.1) is 0 Å². The molecule has 2 aromatic heterocycles. The molecule has 2 amide bonds. The Hall–Kier alpha value is -3.87. The third-order valence-electron chi connectivity index (χ3n) is 6.31. The van der Waals surface area contributed by atoms with E-state index in [1.807, 2.05) is 52.9 Å². The topological polar surface area (TPSA) is 66.3 Å². The van der Waals surface area contributed by atoms with Crippen LogP contribution in [-0.2, 0) is 6.54 Å². The number of carbonyl (C=O) groups is 1. The number of pyridine rings is 1. The standard InChI is InChI=1S/C26H28N6O/c1-19-25(20(2)32(29-19)24-12-5-6-13-27-24)30-14-16-31(17-15-30)26(33)28-18-22-10-7-9-21-8-3-4-11-23(21)22/h3-13H,14-18H2,1-2H3,(H,28,33). The minimum absolute atomic E-state index is 0.0137. The van der Waals surface area contributed by atoms with Crippen molar-refractivity contribution in [1.29, 1.82) is 0 Å².